The van der Waals surface area contributed by atoms with E-state index in [2.05, 4.69) is 20.6 Å². The molecule has 1 heterocycles. The summed E-state index contributed by atoms with van der Waals surface area (Å²) in [6.07, 6.45) is 0. The second-order valence-corrected chi connectivity index (χ2v) is 2.95. The maximum Gasteiger partial charge on any atom is 0.223 e. The van der Waals surface area contributed by atoms with E-state index in [4.69, 9.17) is 10.5 Å². The molecular weight excluding hydrogens is 194 g/mol. The number of nitrogen functional groups attached to an aromatic ring is 1. The minimum absolute atomic E-state index is 0.258. The van der Waals surface area contributed by atoms with Crippen molar-refractivity contribution in [2.75, 3.05) is 43.2 Å². The van der Waals surface area contributed by atoms with E-state index in [0.717, 1.165) is 12.4 Å². The third kappa shape index (κ3) is 3.99. The molecule has 1 aromatic rings. The van der Waals surface area contributed by atoms with Crippen LogP contribution in [0.4, 0.5) is 17.6 Å². The van der Waals surface area contributed by atoms with Gasteiger partial charge in [-0.15, -0.1) is 0 Å². The highest BCUT2D eigenvalue weighted by molar-refractivity contribution is 5.50. The van der Waals surface area contributed by atoms with Crippen LogP contribution in [0.5, 0.6) is 0 Å². The Morgan fingerprint density at radius 1 is 1.33 bits per heavy atom. The van der Waals surface area contributed by atoms with Crippen LogP contribution in [0.2, 0.25) is 0 Å². The molecule has 0 saturated heterocycles. The van der Waals surface area contributed by atoms with Crippen molar-refractivity contribution in [3.8, 4) is 0 Å². The molecule has 6 heteroatoms. The number of ether oxygens (including phenoxy) is 1. The molecular formula is C9H17N5O. The fraction of sp³-hybridized carbons (Fsp3) is 0.556. The van der Waals surface area contributed by atoms with Crippen molar-refractivity contribution in [3.63, 3.8) is 0 Å². The summed E-state index contributed by atoms with van der Waals surface area (Å²) >= 11 is 0. The van der Waals surface area contributed by atoms with Crippen LogP contribution in [-0.2, 0) is 4.74 Å². The van der Waals surface area contributed by atoms with Crippen LogP contribution < -0.4 is 16.4 Å². The summed E-state index contributed by atoms with van der Waals surface area (Å²) < 4.78 is 4.92. The van der Waals surface area contributed by atoms with Gasteiger partial charge in [-0.2, -0.15) is 9.97 Å². The molecule has 0 radical (unpaired) electrons. The molecule has 1 aromatic heterocycles. The zero-order valence-corrected chi connectivity index (χ0v) is 9.08. The highest BCUT2D eigenvalue weighted by atomic mass is 16.5. The first-order valence-corrected chi connectivity index (χ1v) is 4.87. The number of nitrogens with zero attached hydrogens (tertiary/aromatic N) is 2. The van der Waals surface area contributed by atoms with Gasteiger partial charge in [-0.1, -0.05) is 0 Å². The maximum atomic E-state index is 5.56. The average molecular weight is 211 g/mol. The Kier molecular flexibility index (Phi) is 4.62. The van der Waals surface area contributed by atoms with Crippen LogP contribution in [0.1, 0.15) is 6.92 Å². The Balaban J connectivity index is 2.62. The van der Waals surface area contributed by atoms with Gasteiger partial charge in [0.2, 0.25) is 5.95 Å². The van der Waals surface area contributed by atoms with Crippen LogP contribution in [-0.4, -0.2) is 36.8 Å². The Labute approximate surface area is 89.2 Å². The zero-order valence-electron chi connectivity index (χ0n) is 9.08. The van der Waals surface area contributed by atoms with E-state index in [9.17, 15) is 0 Å². The normalized spacial score (nSPS) is 10.0. The van der Waals surface area contributed by atoms with Gasteiger partial charge in [0.15, 0.2) is 0 Å². The molecule has 0 bridgehead atoms. The molecule has 15 heavy (non-hydrogen) atoms. The molecule has 6 nitrogen and oxygen atoms in total. The Morgan fingerprint density at radius 3 is 2.60 bits per heavy atom. The van der Waals surface area contributed by atoms with Crippen molar-refractivity contribution in [1.29, 1.82) is 0 Å². The molecule has 0 fully saturated rings. The highest BCUT2D eigenvalue weighted by Gasteiger charge is 2.00. The smallest absolute Gasteiger partial charge is 0.223 e. The number of methoxy groups -OCH3 is 1. The van der Waals surface area contributed by atoms with Crippen LogP contribution in [0.25, 0.3) is 0 Å². The summed E-state index contributed by atoms with van der Waals surface area (Å²) in [6.45, 7) is 4.11. The molecule has 0 saturated carbocycles. The number of nitrogens with two attached hydrogens (primary N) is 1. The van der Waals surface area contributed by atoms with Crippen molar-refractivity contribution >= 4 is 17.6 Å². The molecule has 0 aliphatic rings. The molecule has 0 aliphatic carbocycles. The third-order valence-electron chi connectivity index (χ3n) is 1.71. The average Bonchev–Trinajstić information content (AvgIpc) is 2.18. The molecule has 0 unspecified atom stereocenters. The van der Waals surface area contributed by atoms with Crippen LogP contribution in [0.3, 0.4) is 0 Å². The second kappa shape index (κ2) is 6.02. The minimum Gasteiger partial charge on any atom is -0.383 e. The predicted molar refractivity (Wildman–Crippen MR) is 61.0 cm³/mol. The summed E-state index contributed by atoms with van der Waals surface area (Å²) in [5.74, 6) is 1.69. The topological polar surface area (TPSA) is 85.1 Å². The SMILES string of the molecule is CCNc1cc(NCCOC)nc(N)n1. The lowest BCUT2D eigenvalue weighted by molar-refractivity contribution is 0.210. The molecule has 0 atom stereocenters. The number of rotatable bonds is 6. The monoisotopic (exact) mass is 211 g/mol. The van der Waals surface area contributed by atoms with Gasteiger partial charge < -0.3 is 21.1 Å². The summed E-state index contributed by atoms with van der Waals surface area (Å²) in [5, 5.41) is 6.17. The molecule has 84 valence electrons. The predicted octanol–water partition coefficient (Wildman–Crippen LogP) is 0.549. The van der Waals surface area contributed by atoms with E-state index >= 15 is 0 Å². The lowest BCUT2D eigenvalue weighted by atomic mass is 10.5. The van der Waals surface area contributed by atoms with E-state index < -0.39 is 0 Å². The molecule has 0 aliphatic heterocycles. The standard InChI is InChI=1S/C9H17N5O/c1-3-11-7-6-8(12-4-5-15-2)14-9(10)13-7/h6H,3-5H2,1-2H3,(H4,10,11,12,13,14). The van der Waals surface area contributed by atoms with Gasteiger partial charge in [-0.05, 0) is 6.92 Å². The van der Waals surface area contributed by atoms with Gasteiger partial charge in [0.05, 0.1) is 6.61 Å². The van der Waals surface area contributed by atoms with Gasteiger partial charge in [-0.3, -0.25) is 0 Å². The molecule has 0 spiro atoms. The van der Waals surface area contributed by atoms with Gasteiger partial charge in [-0.25, -0.2) is 0 Å². The van der Waals surface area contributed by atoms with Crippen molar-refractivity contribution in [2.24, 2.45) is 0 Å². The quantitative estimate of drug-likeness (QED) is 0.596. The number of anilines is 3. The second-order valence-electron chi connectivity index (χ2n) is 2.95. The first kappa shape index (κ1) is 11.5. The van der Waals surface area contributed by atoms with E-state index in [1.165, 1.54) is 0 Å². The third-order valence-corrected chi connectivity index (χ3v) is 1.71. The zero-order chi connectivity index (χ0) is 11.1. The number of hydrogen-bond donors (Lipinski definition) is 3. The molecule has 0 aromatic carbocycles. The van der Waals surface area contributed by atoms with Crippen LogP contribution >= 0.6 is 0 Å². The van der Waals surface area contributed by atoms with Gasteiger partial charge >= 0.3 is 0 Å². The van der Waals surface area contributed by atoms with E-state index in [0.29, 0.717) is 19.0 Å². The van der Waals surface area contributed by atoms with Crippen molar-refractivity contribution < 1.29 is 4.74 Å². The van der Waals surface area contributed by atoms with E-state index in [-0.39, 0.29) is 5.95 Å². The summed E-state index contributed by atoms with van der Waals surface area (Å²) in [6, 6.07) is 1.82. The van der Waals surface area contributed by atoms with Crippen molar-refractivity contribution in [1.82, 2.24) is 9.97 Å². The fourth-order valence-electron chi connectivity index (χ4n) is 1.11. The summed E-state index contributed by atoms with van der Waals surface area (Å²) in [5.41, 5.74) is 5.56. The molecule has 0 amide bonds. The summed E-state index contributed by atoms with van der Waals surface area (Å²) in [4.78, 5) is 8.08. The van der Waals surface area contributed by atoms with Gasteiger partial charge in [0, 0.05) is 26.3 Å². The number of aromatic nitrogens is 2. The Morgan fingerprint density at radius 2 is 2.00 bits per heavy atom. The number of hydrogen-bond acceptors (Lipinski definition) is 6. The van der Waals surface area contributed by atoms with Crippen LogP contribution in [0, 0.1) is 0 Å². The van der Waals surface area contributed by atoms with Gasteiger partial charge in [0.25, 0.3) is 0 Å². The van der Waals surface area contributed by atoms with E-state index in [1.807, 2.05) is 13.0 Å². The minimum atomic E-state index is 0.258. The lowest BCUT2D eigenvalue weighted by Crippen LogP contribution is -2.11. The Bertz CT molecular complexity index is 305. The fourth-order valence-corrected chi connectivity index (χ4v) is 1.11. The summed E-state index contributed by atoms with van der Waals surface area (Å²) in [7, 11) is 1.65. The first-order valence-electron chi connectivity index (χ1n) is 4.87. The lowest BCUT2D eigenvalue weighted by Gasteiger charge is -2.08. The first-order chi connectivity index (χ1) is 7.26. The molecule has 1 rings (SSSR count). The largest absolute Gasteiger partial charge is 0.383 e. The maximum absolute atomic E-state index is 5.56. The van der Waals surface area contributed by atoms with Crippen molar-refractivity contribution in [3.05, 3.63) is 6.07 Å². The van der Waals surface area contributed by atoms with E-state index in [1.54, 1.807) is 7.11 Å². The van der Waals surface area contributed by atoms with Crippen LogP contribution in [0.15, 0.2) is 6.07 Å². The van der Waals surface area contributed by atoms with Gasteiger partial charge in [0.1, 0.15) is 11.6 Å². The Hall–Kier alpha value is -1.56. The molecule has 4 N–H and O–H groups in total. The highest BCUT2D eigenvalue weighted by Crippen LogP contribution is 2.11. The number of nitrogens with one attached hydrogen (secondary N) is 2. The van der Waals surface area contributed by atoms with Crippen molar-refractivity contribution in [2.45, 2.75) is 6.92 Å².